The van der Waals surface area contributed by atoms with Gasteiger partial charge in [-0.15, -0.1) is 0 Å². The van der Waals surface area contributed by atoms with Gasteiger partial charge in [-0.3, -0.25) is 0 Å². The number of benzene rings is 1. The highest BCUT2D eigenvalue weighted by molar-refractivity contribution is 5.23. The zero-order valence-electron chi connectivity index (χ0n) is 8.38. The predicted octanol–water partition coefficient (Wildman–Crippen LogP) is 2.54. The van der Waals surface area contributed by atoms with Crippen LogP contribution in [0.5, 0.6) is 0 Å². The van der Waals surface area contributed by atoms with Crippen molar-refractivity contribution in [3.8, 4) is 0 Å². The first-order chi connectivity index (χ1) is 7.09. The Bertz CT molecular complexity index is 341. The molecule has 1 heterocycles. The van der Waals surface area contributed by atoms with Gasteiger partial charge in [-0.2, -0.15) is 0 Å². The third-order valence-corrected chi connectivity index (χ3v) is 2.78. The minimum Gasteiger partial charge on any atom is -0.305 e. The molecule has 2 rings (SSSR count). The van der Waals surface area contributed by atoms with E-state index in [4.69, 9.17) is 0 Å². The molecular weight excluding hydrogens is 203 g/mol. The maximum Gasteiger partial charge on any atom is 0.136 e. The Balaban J connectivity index is 2.21. The van der Waals surface area contributed by atoms with Crippen molar-refractivity contribution in [2.75, 3.05) is 20.1 Å². The number of nitrogens with zero attached hydrogens (tertiary/aromatic N) is 1. The Morgan fingerprint density at radius 2 is 1.80 bits per heavy atom. The summed E-state index contributed by atoms with van der Waals surface area (Å²) < 4.78 is 40.2. The summed E-state index contributed by atoms with van der Waals surface area (Å²) in [6.45, 7) is 1.10. The maximum absolute atomic E-state index is 13.8. The summed E-state index contributed by atoms with van der Waals surface area (Å²) in [5.74, 6) is -1.88. The van der Waals surface area contributed by atoms with Crippen molar-refractivity contribution in [3.05, 3.63) is 35.4 Å². The third-order valence-electron chi connectivity index (χ3n) is 2.78. The first kappa shape index (κ1) is 10.5. The first-order valence-electron chi connectivity index (χ1n) is 4.86. The Labute approximate surface area is 86.5 Å². The molecule has 1 fully saturated rings. The lowest BCUT2D eigenvalue weighted by Crippen LogP contribution is -2.46. The minimum atomic E-state index is -1.54. The van der Waals surface area contributed by atoms with E-state index in [1.807, 2.05) is 11.9 Å². The van der Waals surface area contributed by atoms with E-state index in [0.29, 0.717) is 13.1 Å². The molecule has 0 aliphatic carbocycles. The summed E-state index contributed by atoms with van der Waals surface area (Å²) >= 11 is 0. The van der Waals surface area contributed by atoms with Crippen LogP contribution in [0.1, 0.15) is 11.7 Å². The number of hydrogen-bond acceptors (Lipinski definition) is 1. The molecule has 0 radical (unpaired) electrons. The second-order valence-corrected chi connectivity index (χ2v) is 4.02. The van der Waals surface area contributed by atoms with Gasteiger partial charge in [0.2, 0.25) is 0 Å². The van der Waals surface area contributed by atoms with Gasteiger partial charge in [0.1, 0.15) is 17.8 Å². The molecule has 1 aliphatic heterocycles. The van der Waals surface area contributed by atoms with Gasteiger partial charge < -0.3 is 4.90 Å². The van der Waals surface area contributed by atoms with E-state index in [0.717, 1.165) is 12.1 Å². The van der Waals surface area contributed by atoms with Gasteiger partial charge in [0.05, 0.1) is 5.56 Å². The quantitative estimate of drug-likeness (QED) is 0.732. The molecule has 1 unspecified atom stereocenters. The monoisotopic (exact) mass is 215 g/mol. The van der Waals surface area contributed by atoms with Crippen LogP contribution >= 0.6 is 0 Å². The molecule has 15 heavy (non-hydrogen) atoms. The van der Waals surface area contributed by atoms with E-state index in [1.54, 1.807) is 0 Å². The first-order valence-corrected chi connectivity index (χ1v) is 4.86. The molecule has 0 N–H and O–H groups in total. The summed E-state index contributed by atoms with van der Waals surface area (Å²) in [5.41, 5.74) is -0.421. The van der Waals surface area contributed by atoms with Crippen LogP contribution in [0, 0.1) is 17.6 Å². The van der Waals surface area contributed by atoms with Crippen molar-refractivity contribution < 1.29 is 13.2 Å². The molecule has 4 heteroatoms. The average Bonchev–Trinajstić information content (AvgIpc) is 2.12. The zero-order chi connectivity index (χ0) is 11.0. The second kappa shape index (κ2) is 3.85. The van der Waals surface area contributed by atoms with Gasteiger partial charge >= 0.3 is 0 Å². The normalized spacial score (nSPS) is 20.0. The van der Waals surface area contributed by atoms with Crippen molar-refractivity contribution in [3.63, 3.8) is 0 Å². The molecule has 1 aliphatic rings. The minimum absolute atomic E-state index is 0.290. The fraction of sp³-hybridized carbons (Fsp3) is 0.455. The summed E-state index contributed by atoms with van der Waals surface area (Å²) in [7, 11) is 1.85. The van der Waals surface area contributed by atoms with Gasteiger partial charge in [0.15, 0.2) is 0 Å². The summed E-state index contributed by atoms with van der Waals surface area (Å²) in [6.07, 6.45) is -1.54. The van der Waals surface area contributed by atoms with E-state index in [9.17, 15) is 13.2 Å². The van der Waals surface area contributed by atoms with E-state index in [-0.39, 0.29) is 5.92 Å². The molecule has 1 nitrogen and oxygen atoms in total. The SMILES string of the molecule is CN1CC(C(F)c2c(F)cccc2F)C1. The van der Waals surface area contributed by atoms with Crippen LogP contribution < -0.4 is 0 Å². The Hall–Kier alpha value is -1.03. The number of halogens is 3. The lowest BCUT2D eigenvalue weighted by Gasteiger charge is -2.38. The van der Waals surface area contributed by atoms with Crippen molar-refractivity contribution in [2.45, 2.75) is 6.17 Å². The van der Waals surface area contributed by atoms with E-state index in [1.165, 1.54) is 6.07 Å². The lowest BCUT2D eigenvalue weighted by atomic mass is 9.90. The Morgan fingerprint density at radius 3 is 2.27 bits per heavy atom. The molecule has 0 aromatic heterocycles. The largest absolute Gasteiger partial charge is 0.305 e. The fourth-order valence-electron chi connectivity index (χ4n) is 1.94. The van der Waals surface area contributed by atoms with Gasteiger partial charge in [0.25, 0.3) is 0 Å². The lowest BCUT2D eigenvalue weighted by molar-refractivity contribution is 0.0561. The number of hydrogen-bond donors (Lipinski definition) is 0. The van der Waals surface area contributed by atoms with Crippen molar-refractivity contribution in [1.29, 1.82) is 0 Å². The van der Waals surface area contributed by atoms with Crippen LogP contribution in [0.15, 0.2) is 18.2 Å². The summed E-state index contributed by atoms with van der Waals surface area (Å²) in [5, 5.41) is 0. The molecule has 0 amide bonds. The Morgan fingerprint density at radius 1 is 1.27 bits per heavy atom. The molecule has 0 saturated carbocycles. The second-order valence-electron chi connectivity index (χ2n) is 4.02. The molecule has 1 aromatic carbocycles. The van der Waals surface area contributed by atoms with E-state index >= 15 is 0 Å². The molecule has 0 bridgehead atoms. The Kier molecular flexibility index (Phi) is 2.69. The highest BCUT2D eigenvalue weighted by Gasteiger charge is 2.35. The van der Waals surface area contributed by atoms with Crippen molar-refractivity contribution >= 4 is 0 Å². The van der Waals surface area contributed by atoms with Gasteiger partial charge in [-0.1, -0.05) is 6.07 Å². The average molecular weight is 215 g/mol. The maximum atomic E-state index is 13.8. The summed E-state index contributed by atoms with van der Waals surface area (Å²) in [6, 6.07) is 3.43. The molecule has 1 aromatic rings. The van der Waals surface area contributed by atoms with Crippen LogP contribution in [0.3, 0.4) is 0 Å². The third kappa shape index (κ3) is 1.86. The standard InChI is InChI=1S/C11H12F3N/c1-15-5-7(6-15)11(14)10-8(12)3-2-4-9(10)13/h2-4,7,11H,5-6H2,1H3. The number of rotatable bonds is 2. The molecular formula is C11H12F3N. The summed E-state index contributed by atoms with van der Waals surface area (Å²) in [4.78, 5) is 1.91. The van der Waals surface area contributed by atoms with E-state index < -0.39 is 23.4 Å². The van der Waals surface area contributed by atoms with Gasteiger partial charge in [-0.05, 0) is 19.2 Å². The number of alkyl halides is 1. The van der Waals surface area contributed by atoms with Crippen LogP contribution in [-0.2, 0) is 0 Å². The molecule has 0 spiro atoms. The molecule has 1 saturated heterocycles. The fourth-order valence-corrected chi connectivity index (χ4v) is 1.94. The number of likely N-dealkylation sites (tertiary alicyclic amines) is 1. The zero-order valence-corrected chi connectivity index (χ0v) is 8.38. The topological polar surface area (TPSA) is 3.24 Å². The van der Waals surface area contributed by atoms with Crippen LogP contribution in [0.2, 0.25) is 0 Å². The van der Waals surface area contributed by atoms with E-state index in [2.05, 4.69) is 0 Å². The highest BCUT2D eigenvalue weighted by atomic mass is 19.2. The van der Waals surface area contributed by atoms with Crippen LogP contribution in [0.25, 0.3) is 0 Å². The molecule has 1 atom stereocenters. The highest BCUT2D eigenvalue weighted by Crippen LogP contribution is 2.34. The van der Waals surface area contributed by atoms with Crippen molar-refractivity contribution in [2.24, 2.45) is 5.92 Å². The van der Waals surface area contributed by atoms with Gasteiger partial charge in [-0.25, -0.2) is 13.2 Å². The van der Waals surface area contributed by atoms with Crippen molar-refractivity contribution in [1.82, 2.24) is 4.90 Å². The van der Waals surface area contributed by atoms with Gasteiger partial charge in [0, 0.05) is 19.0 Å². The van der Waals surface area contributed by atoms with Crippen LogP contribution in [-0.4, -0.2) is 25.0 Å². The smallest absolute Gasteiger partial charge is 0.136 e. The van der Waals surface area contributed by atoms with Crippen LogP contribution in [0.4, 0.5) is 13.2 Å². The molecule has 82 valence electrons. The predicted molar refractivity (Wildman–Crippen MR) is 51.2 cm³/mol.